The van der Waals surface area contributed by atoms with E-state index in [2.05, 4.69) is 32.3 Å². The third-order valence-corrected chi connectivity index (χ3v) is 4.12. The van der Waals surface area contributed by atoms with Crippen molar-refractivity contribution in [3.63, 3.8) is 0 Å². The average molecular weight is 267 g/mol. The lowest BCUT2D eigenvalue weighted by molar-refractivity contribution is 0.467. The van der Waals surface area contributed by atoms with E-state index in [1.54, 1.807) is 0 Å². The van der Waals surface area contributed by atoms with E-state index < -0.39 is 0 Å². The Bertz CT molecular complexity index is 370. The van der Waals surface area contributed by atoms with Crippen molar-refractivity contribution >= 4 is 21.6 Å². The Balaban J connectivity index is 1.61. The zero-order valence-electron chi connectivity index (χ0n) is 8.67. The Kier molecular flexibility index (Phi) is 2.23. The zero-order valence-corrected chi connectivity index (χ0v) is 10.3. The van der Waals surface area contributed by atoms with Crippen molar-refractivity contribution in [1.29, 1.82) is 0 Å². The maximum Gasteiger partial charge on any atom is 0.0538 e. The quantitative estimate of drug-likeness (QED) is 0.903. The van der Waals surface area contributed by atoms with Crippen LogP contribution in [0.15, 0.2) is 22.9 Å². The number of anilines is 1. The van der Waals surface area contributed by atoms with Crippen LogP contribution in [0.3, 0.4) is 0 Å². The van der Waals surface area contributed by atoms with E-state index in [-0.39, 0.29) is 0 Å². The van der Waals surface area contributed by atoms with Gasteiger partial charge in [-0.25, -0.2) is 0 Å². The first-order valence-corrected chi connectivity index (χ1v) is 6.42. The number of nitrogens with zero attached hydrogens (tertiary/aromatic N) is 1. The lowest BCUT2D eigenvalue weighted by Crippen LogP contribution is -2.17. The second-order valence-corrected chi connectivity index (χ2v) is 5.80. The summed E-state index contributed by atoms with van der Waals surface area (Å²) in [4.78, 5) is 4.16. The van der Waals surface area contributed by atoms with Crippen molar-refractivity contribution in [2.75, 3.05) is 11.9 Å². The summed E-state index contributed by atoms with van der Waals surface area (Å²) in [6.45, 7) is 1.13. The number of halogens is 1. The predicted molar refractivity (Wildman–Crippen MR) is 64.8 cm³/mol. The summed E-state index contributed by atoms with van der Waals surface area (Å²) in [5.41, 5.74) is 1.79. The SMILES string of the molecule is Brc1cncc(NCC2(C3CC3)CC2)c1. The molecule has 0 radical (unpaired) electrons. The molecule has 3 rings (SSSR count). The minimum Gasteiger partial charge on any atom is -0.383 e. The Morgan fingerprint density at radius 2 is 2.20 bits per heavy atom. The molecular formula is C12H15BrN2. The predicted octanol–water partition coefficient (Wildman–Crippen LogP) is 3.45. The fraction of sp³-hybridized carbons (Fsp3) is 0.583. The van der Waals surface area contributed by atoms with Crippen LogP contribution >= 0.6 is 15.9 Å². The molecular weight excluding hydrogens is 252 g/mol. The molecule has 0 spiro atoms. The van der Waals surface area contributed by atoms with E-state index in [0.29, 0.717) is 5.41 Å². The van der Waals surface area contributed by atoms with E-state index in [4.69, 9.17) is 0 Å². The standard InChI is InChI=1S/C12H15BrN2/c13-10-5-11(7-14-6-10)15-8-12(3-4-12)9-1-2-9/h5-7,9,15H,1-4,8H2. The largest absolute Gasteiger partial charge is 0.383 e. The molecule has 1 aromatic rings. The van der Waals surface area contributed by atoms with Gasteiger partial charge in [0.25, 0.3) is 0 Å². The summed E-state index contributed by atoms with van der Waals surface area (Å²) >= 11 is 3.44. The number of nitrogens with one attached hydrogen (secondary N) is 1. The van der Waals surface area contributed by atoms with E-state index in [9.17, 15) is 0 Å². The first kappa shape index (κ1) is 9.64. The molecule has 0 aliphatic heterocycles. The molecule has 1 aromatic heterocycles. The van der Waals surface area contributed by atoms with Gasteiger partial charge in [0.05, 0.1) is 11.9 Å². The van der Waals surface area contributed by atoms with Gasteiger partial charge in [-0.15, -0.1) is 0 Å². The van der Waals surface area contributed by atoms with Crippen LogP contribution in [0.5, 0.6) is 0 Å². The van der Waals surface area contributed by atoms with Crippen LogP contribution in [0.4, 0.5) is 5.69 Å². The molecule has 2 saturated carbocycles. The van der Waals surface area contributed by atoms with Gasteiger partial charge in [-0.3, -0.25) is 4.98 Å². The van der Waals surface area contributed by atoms with Crippen LogP contribution in [-0.2, 0) is 0 Å². The smallest absolute Gasteiger partial charge is 0.0538 e. The van der Waals surface area contributed by atoms with Gasteiger partial charge >= 0.3 is 0 Å². The van der Waals surface area contributed by atoms with Gasteiger partial charge in [0.2, 0.25) is 0 Å². The van der Waals surface area contributed by atoms with Gasteiger partial charge in [-0.2, -0.15) is 0 Å². The minimum atomic E-state index is 0.655. The Hall–Kier alpha value is -0.570. The summed E-state index contributed by atoms with van der Waals surface area (Å²) < 4.78 is 1.05. The molecule has 2 fully saturated rings. The molecule has 0 aromatic carbocycles. The highest BCUT2D eigenvalue weighted by Crippen LogP contribution is 2.61. The summed E-state index contributed by atoms with van der Waals surface area (Å²) in [5, 5.41) is 3.52. The highest BCUT2D eigenvalue weighted by Gasteiger charge is 2.53. The van der Waals surface area contributed by atoms with Crippen LogP contribution in [0.25, 0.3) is 0 Å². The Morgan fingerprint density at radius 3 is 2.80 bits per heavy atom. The molecule has 0 unspecified atom stereocenters. The van der Waals surface area contributed by atoms with Crippen molar-refractivity contribution < 1.29 is 0 Å². The van der Waals surface area contributed by atoms with E-state index >= 15 is 0 Å². The molecule has 2 aliphatic carbocycles. The van der Waals surface area contributed by atoms with E-state index in [1.165, 1.54) is 25.7 Å². The minimum absolute atomic E-state index is 0.655. The van der Waals surface area contributed by atoms with Crippen molar-refractivity contribution in [3.05, 3.63) is 22.9 Å². The maximum atomic E-state index is 4.16. The number of aromatic nitrogens is 1. The van der Waals surface area contributed by atoms with Crippen molar-refractivity contribution in [1.82, 2.24) is 4.98 Å². The molecule has 2 aliphatic rings. The van der Waals surface area contributed by atoms with E-state index in [1.807, 2.05) is 12.4 Å². The number of rotatable bonds is 4. The number of hydrogen-bond acceptors (Lipinski definition) is 2. The van der Waals surface area contributed by atoms with Crippen LogP contribution in [0.1, 0.15) is 25.7 Å². The molecule has 3 heteroatoms. The molecule has 1 heterocycles. The lowest BCUT2D eigenvalue weighted by Gasteiger charge is -2.15. The van der Waals surface area contributed by atoms with Crippen LogP contribution in [0.2, 0.25) is 0 Å². The molecule has 0 bridgehead atoms. The molecule has 15 heavy (non-hydrogen) atoms. The number of hydrogen-bond donors (Lipinski definition) is 1. The van der Waals surface area contributed by atoms with Crippen LogP contribution < -0.4 is 5.32 Å². The average Bonchev–Trinajstić information content (AvgIpc) is 3.08. The van der Waals surface area contributed by atoms with Crippen LogP contribution in [-0.4, -0.2) is 11.5 Å². The Labute approximate surface area is 98.6 Å². The van der Waals surface area contributed by atoms with E-state index in [0.717, 1.165) is 22.6 Å². The van der Waals surface area contributed by atoms with Crippen molar-refractivity contribution in [2.24, 2.45) is 11.3 Å². The monoisotopic (exact) mass is 266 g/mol. The normalized spacial score (nSPS) is 22.5. The third-order valence-electron chi connectivity index (χ3n) is 3.69. The fourth-order valence-corrected chi connectivity index (χ4v) is 2.74. The zero-order chi connectivity index (χ0) is 10.3. The van der Waals surface area contributed by atoms with Gasteiger partial charge in [-0.05, 0) is 59.0 Å². The van der Waals surface area contributed by atoms with Crippen molar-refractivity contribution in [2.45, 2.75) is 25.7 Å². The summed E-state index contributed by atoms with van der Waals surface area (Å²) in [6.07, 6.45) is 9.47. The van der Waals surface area contributed by atoms with Crippen molar-refractivity contribution in [3.8, 4) is 0 Å². The molecule has 0 atom stereocenters. The summed E-state index contributed by atoms with van der Waals surface area (Å²) in [5.74, 6) is 1.02. The molecule has 1 N–H and O–H groups in total. The summed E-state index contributed by atoms with van der Waals surface area (Å²) in [7, 11) is 0. The molecule has 2 nitrogen and oxygen atoms in total. The second kappa shape index (κ2) is 3.48. The van der Waals surface area contributed by atoms with Crippen LogP contribution in [0, 0.1) is 11.3 Å². The van der Waals surface area contributed by atoms with Gasteiger partial charge < -0.3 is 5.32 Å². The Morgan fingerprint density at radius 1 is 1.40 bits per heavy atom. The lowest BCUT2D eigenvalue weighted by atomic mass is 10.0. The second-order valence-electron chi connectivity index (χ2n) is 4.88. The summed E-state index contributed by atoms with van der Waals surface area (Å²) in [6, 6.07) is 2.09. The first-order chi connectivity index (χ1) is 7.28. The van der Waals surface area contributed by atoms with Gasteiger partial charge in [0.1, 0.15) is 0 Å². The topological polar surface area (TPSA) is 24.9 Å². The van der Waals surface area contributed by atoms with Gasteiger partial charge in [0.15, 0.2) is 0 Å². The highest BCUT2D eigenvalue weighted by molar-refractivity contribution is 9.10. The fourth-order valence-electron chi connectivity index (χ4n) is 2.37. The molecule has 80 valence electrons. The van der Waals surface area contributed by atoms with Gasteiger partial charge in [0, 0.05) is 17.2 Å². The third kappa shape index (κ3) is 2.03. The number of pyridine rings is 1. The maximum absolute atomic E-state index is 4.16. The van der Waals surface area contributed by atoms with Gasteiger partial charge in [-0.1, -0.05) is 0 Å². The molecule has 0 saturated heterocycles. The molecule has 0 amide bonds. The first-order valence-electron chi connectivity index (χ1n) is 5.63. The highest BCUT2D eigenvalue weighted by atomic mass is 79.9.